The molecule has 0 aliphatic carbocycles. The third kappa shape index (κ3) is 5.74. The van der Waals surface area contributed by atoms with Gasteiger partial charge in [-0.1, -0.05) is 6.42 Å². The van der Waals surface area contributed by atoms with E-state index in [1.54, 1.807) is 7.05 Å². The molecule has 0 spiro atoms. The molecule has 134 valence electrons. The molecule has 1 heterocycles. The number of guanidine groups is 1. The van der Waals surface area contributed by atoms with Crippen molar-refractivity contribution in [2.45, 2.75) is 45.2 Å². The maximum atomic E-state index is 13.6. The first-order valence-corrected chi connectivity index (χ1v) is 8.72. The molecule has 0 aromatic heterocycles. The number of aliphatic imine (C=N–C) groups is 1. The molecule has 1 aromatic rings. The van der Waals surface area contributed by atoms with Crippen molar-refractivity contribution in [2.75, 3.05) is 26.7 Å². The molecular formula is C18H28F2N4. The fourth-order valence-electron chi connectivity index (χ4n) is 3.06. The second-order valence-corrected chi connectivity index (χ2v) is 6.32. The molecule has 4 nitrogen and oxygen atoms in total. The number of hydrogen-bond acceptors (Lipinski definition) is 2. The van der Waals surface area contributed by atoms with Gasteiger partial charge in [0.25, 0.3) is 0 Å². The van der Waals surface area contributed by atoms with Gasteiger partial charge in [-0.2, -0.15) is 0 Å². The van der Waals surface area contributed by atoms with Crippen molar-refractivity contribution in [3.63, 3.8) is 0 Å². The predicted octanol–water partition coefficient (Wildman–Crippen LogP) is 2.89. The Morgan fingerprint density at radius 2 is 2.12 bits per heavy atom. The highest BCUT2D eigenvalue weighted by atomic mass is 19.1. The third-order valence-corrected chi connectivity index (χ3v) is 4.53. The number of likely N-dealkylation sites (tertiary alicyclic amines) is 1. The van der Waals surface area contributed by atoms with Crippen LogP contribution < -0.4 is 10.6 Å². The molecule has 6 heteroatoms. The van der Waals surface area contributed by atoms with Gasteiger partial charge in [-0.15, -0.1) is 0 Å². The number of nitrogens with one attached hydrogen (secondary N) is 2. The lowest BCUT2D eigenvalue weighted by molar-refractivity contribution is 0.159. The van der Waals surface area contributed by atoms with Crippen LogP contribution in [-0.2, 0) is 6.54 Å². The van der Waals surface area contributed by atoms with E-state index in [9.17, 15) is 8.78 Å². The molecule has 1 aromatic carbocycles. The van der Waals surface area contributed by atoms with Gasteiger partial charge in [0.2, 0.25) is 0 Å². The minimum absolute atomic E-state index is 0.201. The Kier molecular flexibility index (Phi) is 7.43. The van der Waals surface area contributed by atoms with Crippen molar-refractivity contribution >= 4 is 5.96 Å². The number of halogens is 2. The number of nitrogens with zero attached hydrogens (tertiary/aromatic N) is 2. The van der Waals surface area contributed by atoms with Gasteiger partial charge in [-0.25, -0.2) is 8.78 Å². The quantitative estimate of drug-likeness (QED) is 0.476. The molecule has 1 aliphatic heterocycles. The van der Waals surface area contributed by atoms with E-state index >= 15 is 0 Å². The number of piperidine rings is 1. The summed E-state index contributed by atoms with van der Waals surface area (Å²) >= 11 is 0. The van der Waals surface area contributed by atoms with Crippen LogP contribution in [0.3, 0.4) is 0 Å². The van der Waals surface area contributed by atoms with Crippen LogP contribution >= 0.6 is 0 Å². The number of hydrogen-bond donors (Lipinski definition) is 2. The highest BCUT2D eigenvalue weighted by Crippen LogP contribution is 2.16. The molecule has 1 fully saturated rings. The van der Waals surface area contributed by atoms with Crippen LogP contribution in [0.5, 0.6) is 0 Å². The second-order valence-electron chi connectivity index (χ2n) is 6.32. The van der Waals surface area contributed by atoms with E-state index < -0.39 is 11.6 Å². The van der Waals surface area contributed by atoms with Crippen LogP contribution in [0.25, 0.3) is 0 Å². The Balaban J connectivity index is 1.69. The van der Waals surface area contributed by atoms with E-state index in [0.29, 0.717) is 17.6 Å². The first-order valence-electron chi connectivity index (χ1n) is 8.72. The van der Waals surface area contributed by atoms with Crippen LogP contribution in [0, 0.1) is 11.6 Å². The van der Waals surface area contributed by atoms with E-state index in [-0.39, 0.29) is 6.54 Å². The Morgan fingerprint density at radius 1 is 1.29 bits per heavy atom. The van der Waals surface area contributed by atoms with Crippen molar-refractivity contribution in [1.82, 2.24) is 15.5 Å². The zero-order valence-electron chi connectivity index (χ0n) is 14.6. The molecule has 1 atom stereocenters. The topological polar surface area (TPSA) is 39.7 Å². The van der Waals surface area contributed by atoms with E-state index in [2.05, 4.69) is 27.4 Å². The molecule has 24 heavy (non-hydrogen) atoms. The molecule has 0 saturated carbocycles. The normalized spacial score (nSPS) is 19.3. The first kappa shape index (κ1) is 18.6. The minimum atomic E-state index is -0.438. The standard InChI is InChI=1S/C18H28F2N4/c1-14-6-3-4-10-24(14)11-5-9-22-18(21-2)23-13-15-12-16(19)7-8-17(15)20/h7-8,12,14H,3-6,9-11,13H2,1-2H3,(H2,21,22,23). The molecule has 0 radical (unpaired) electrons. The van der Waals surface area contributed by atoms with Crippen LogP contribution in [0.15, 0.2) is 23.2 Å². The van der Waals surface area contributed by atoms with Crippen molar-refractivity contribution in [3.05, 3.63) is 35.4 Å². The smallest absolute Gasteiger partial charge is 0.191 e. The summed E-state index contributed by atoms with van der Waals surface area (Å²) in [5, 5.41) is 6.24. The summed E-state index contributed by atoms with van der Waals surface area (Å²) in [6, 6.07) is 4.13. The highest BCUT2D eigenvalue weighted by molar-refractivity contribution is 5.79. The third-order valence-electron chi connectivity index (χ3n) is 4.53. The van der Waals surface area contributed by atoms with Gasteiger partial charge >= 0.3 is 0 Å². The second kappa shape index (κ2) is 9.57. The lowest BCUT2D eigenvalue weighted by atomic mass is 10.0. The zero-order chi connectivity index (χ0) is 17.4. The van der Waals surface area contributed by atoms with Crippen molar-refractivity contribution in [2.24, 2.45) is 4.99 Å². The lowest BCUT2D eigenvalue weighted by Gasteiger charge is -2.33. The van der Waals surface area contributed by atoms with Crippen molar-refractivity contribution in [3.8, 4) is 0 Å². The molecule has 1 aliphatic rings. The summed E-state index contributed by atoms with van der Waals surface area (Å²) in [6.07, 6.45) is 4.94. The lowest BCUT2D eigenvalue weighted by Crippen LogP contribution is -2.41. The Bertz CT molecular complexity index is 548. The van der Waals surface area contributed by atoms with Crippen molar-refractivity contribution < 1.29 is 8.78 Å². The van der Waals surface area contributed by atoms with E-state index in [1.165, 1.54) is 31.9 Å². The van der Waals surface area contributed by atoms with Crippen LogP contribution in [0.4, 0.5) is 8.78 Å². The maximum absolute atomic E-state index is 13.6. The molecular weight excluding hydrogens is 310 g/mol. The highest BCUT2D eigenvalue weighted by Gasteiger charge is 2.17. The molecule has 2 N–H and O–H groups in total. The molecule has 1 unspecified atom stereocenters. The molecule has 0 amide bonds. The van der Waals surface area contributed by atoms with E-state index in [0.717, 1.165) is 31.6 Å². The van der Waals surface area contributed by atoms with Gasteiger partial charge in [-0.3, -0.25) is 4.99 Å². The summed E-state index contributed by atoms with van der Waals surface area (Å²) in [7, 11) is 1.67. The monoisotopic (exact) mass is 338 g/mol. The number of benzene rings is 1. The van der Waals surface area contributed by atoms with Crippen LogP contribution in [0.1, 0.15) is 38.2 Å². The minimum Gasteiger partial charge on any atom is -0.356 e. The average Bonchev–Trinajstić information content (AvgIpc) is 2.58. The van der Waals surface area contributed by atoms with Gasteiger partial charge < -0.3 is 15.5 Å². The van der Waals surface area contributed by atoms with Gasteiger partial charge in [-0.05, 0) is 50.9 Å². The summed E-state index contributed by atoms with van der Waals surface area (Å²) in [6.45, 7) is 5.55. The van der Waals surface area contributed by atoms with Gasteiger partial charge in [0.1, 0.15) is 11.6 Å². The summed E-state index contributed by atoms with van der Waals surface area (Å²) in [4.78, 5) is 6.65. The average molecular weight is 338 g/mol. The first-order chi connectivity index (χ1) is 11.6. The van der Waals surface area contributed by atoms with E-state index in [4.69, 9.17) is 0 Å². The van der Waals surface area contributed by atoms with Gasteiger partial charge in [0.15, 0.2) is 5.96 Å². The van der Waals surface area contributed by atoms with Crippen molar-refractivity contribution in [1.29, 1.82) is 0 Å². The summed E-state index contributed by atoms with van der Waals surface area (Å²) < 4.78 is 26.8. The Hall–Kier alpha value is -1.69. The zero-order valence-corrected chi connectivity index (χ0v) is 14.6. The maximum Gasteiger partial charge on any atom is 0.191 e. The molecule has 2 rings (SSSR count). The number of rotatable bonds is 6. The fourth-order valence-corrected chi connectivity index (χ4v) is 3.06. The van der Waals surface area contributed by atoms with Crippen LogP contribution in [0.2, 0.25) is 0 Å². The Labute approximate surface area is 143 Å². The van der Waals surface area contributed by atoms with Gasteiger partial charge in [0.05, 0.1) is 0 Å². The fraction of sp³-hybridized carbons (Fsp3) is 0.611. The largest absolute Gasteiger partial charge is 0.356 e. The SMILES string of the molecule is CN=C(NCCCN1CCCCC1C)NCc1cc(F)ccc1F. The van der Waals surface area contributed by atoms with Gasteiger partial charge in [0, 0.05) is 38.3 Å². The summed E-state index contributed by atoms with van der Waals surface area (Å²) in [5.74, 6) is -0.254. The van der Waals surface area contributed by atoms with E-state index in [1.807, 2.05) is 0 Å². The molecule has 0 bridgehead atoms. The Morgan fingerprint density at radius 3 is 2.88 bits per heavy atom. The molecule has 1 saturated heterocycles. The predicted molar refractivity (Wildman–Crippen MR) is 94.1 cm³/mol. The van der Waals surface area contributed by atoms with Crippen LogP contribution in [-0.4, -0.2) is 43.6 Å². The summed E-state index contributed by atoms with van der Waals surface area (Å²) in [5.41, 5.74) is 0.292.